The third-order valence-electron chi connectivity index (χ3n) is 5.07. The highest BCUT2D eigenvalue weighted by Gasteiger charge is 2.31. The molecular weight excluding hydrogens is 407 g/mol. The summed E-state index contributed by atoms with van der Waals surface area (Å²) in [7, 11) is 1.52. The average molecular weight is 432 g/mol. The zero-order chi connectivity index (χ0) is 23.6. The van der Waals surface area contributed by atoms with Crippen molar-refractivity contribution in [3.8, 4) is 0 Å². The summed E-state index contributed by atoms with van der Waals surface area (Å²) in [4.78, 5) is 49.4. The first-order valence-corrected chi connectivity index (χ1v) is 9.42. The Morgan fingerprint density at radius 2 is 1.77 bits per heavy atom. The van der Waals surface area contributed by atoms with E-state index in [0.29, 0.717) is 16.9 Å². The molecule has 10 heteroatoms. The van der Waals surface area contributed by atoms with Gasteiger partial charge in [0.25, 0.3) is 17.6 Å². The number of aliphatic hydroxyl groups is 1. The van der Waals surface area contributed by atoms with Gasteiger partial charge < -0.3 is 26.0 Å². The van der Waals surface area contributed by atoms with Crippen molar-refractivity contribution in [1.29, 1.82) is 0 Å². The lowest BCUT2D eigenvalue weighted by molar-refractivity contribution is -0.127. The van der Waals surface area contributed by atoms with Crippen LogP contribution in [-0.4, -0.2) is 45.3 Å². The highest BCUT2D eigenvalue weighted by atomic mass is 19.1. The minimum atomic E-state index is -1.44. The summed E-state index contributed by atoms with van der Waals surface area (Å²) >= 11 is 0. The molecule has 0 aliphatic heterocycles. The van der Waals surface area contributed by atoms with E-state index in [1.54, 1.807) is 13.8 Å². The number of benzene rings is 1. The minimum absolute atomic E-state index is 0.0516. The van der Waals surface area contributed by atoms with E-state index in [-0.39, 0.29) is 16.8 Å². The van der Waals surface area contributed by atoms with Gasteiger partial charge in [-0.15, -0.1) is 0 Å². The van der Waals surface area contributed by atoms with E-state index in [0.717, 1.165) is 0 Å². The van der Waals surface area contributed by atoms with Crippen LogP contribution >= 0.6 is 0 Å². The number of rotatable bonds is 7. The molecular formula is C21H25FN4O5. The lowest BCUT2D eigenvalue weighted by Crippen LogP contribution is -2.52. The first-order valence-electron chi connectivity index (χ1n) is 9.42. The van der Waals surface area contributed by atoms with E-state index < -0.39 is 41.5 Å². The number of nitrogens with zero attached hydrogens (tertiary/aromatic N) is 1. The van der Waals surface area contributed by atoms with Crippen molar-refractivity contribution >= 4 is 29.2 Å². The van der Waals surface area contributed by atoms with E-state index in [1.807, 2.05) is 0 Å². The van der Waals surface area contributed by atoms with E-state index in [4.69, 9.17) is 5.73 Å². The largest absolute Gasteiger partial charge is 0.391 e. The molecule has 0 aliphatic carbocycles. The second-order valence-corrected chi connectivity index (χ2v) is 7.33. The maximum absolute atomic E-state index is 13.5. The number of carbonyl (C=O) groups excluding carboxylic acids is 4. The van der Waals surface area contributed by atoms with Crippen molar-refractivity contribution in [1.82, 2.24) is 9.88 Å². The molecule has 2 aromatic rings. The quantitative estimate of drug-likeness (QED) is 0.379. The number of halogens is 1. The fraction of sp³-hybridized carbons (Fsp3) is 0.333. The Bertz CT molecular complexity index is 1070. The number of nitrogens with two attached hydrogens (primary N) is 1. The Labute approximate surface area is 178 Å². The highest BCUT2D eigenvalue weighted by Crippen LogP contribution is 2.24. The van der Waals surface area contributed by atoms with Gasteiger partial charge in [0.1, 0.15) is 11.9 Å². The molecule has 0 aliphatic rings. The van der Waals surface area contributed by atoms with Crippen LogP contribution < -0.4 is 16.4 Å². The standard InChI is InChI=1S/C21H25FN4O5/c1-9-8-13(6-7-14(9)22)24-20(30)15-10(2)17(26(5)11(15)3)18(28)21(31)25-16(12(4)27)19(23)29/h6-8,12,16,27H,1-5H3,(H2,23,29)(H,24,30)(H,25,31)/t12-,16-/m1/s1. The summed E-state index contributed by atoms with van der Waals surface area (Å²) in [6.07, 6.45) is -1.30. The van der Waals surface area contributed by atoms with Gasteiger partial charge in [-0.2, -0.15) is 0 Å². The van der Waals surface area contributed by atoms with Crippen LogP contribution in [0.25, 0.3) is 0 Å². The fourth-order valence-electron chi connectivity index (χ4n) is 3.29. The molecule has 1 aromatic carbocycles. The molecule has 1 aromatic heterocycles. The zero-order valence-electron chi connectivity index (χ0n) is 17.9. The zero-order valence-corrected chi connectivity index (χ0v) is 17.9. The summed E-state index contributed by atoms with van der Waals surface area (Å²) < 4.78 is 14.9. The first kappa shape index (κ1) is 23.7. The van der Waals surface area contributed by atoms with Crippen LogP contribution in [-0.2, 0) is 16.6 Å². The second kappa shape index (κ2) is 9.09. The maximum atomic E-state index is 13.5. The Balaban J connectivity index is 2.35. The van der Waals surface area contributed by atoms with Crippen LogP contribution in [0.2, 0.25) is 0 Å². The summed E-state index contributed by atoms with van der Waals surface area (Å²) in [5.41, 5.74) is 6.68. The van der Waals surface area contributed by atoms with Crippen LogP contribution in [0.5, 0.6) is 0 Å². The number of primary amides is 1. The Hall–Kier alpha value is -3.53. The number of ketones is 1. The summed E-state index contributed by atoms with van der Waals surface area (Å²) in [5.74, 6) is -4.07. The molecule has 31 heavy (non-hydrogen) atoms. The number of aliphatic hydroxyl groups excluding tert-OH is 1. The highest BCUT2D eigenvalue weighted by molar-refractivity contribution is 6.43. The summed E-state index contributed by atoms with van der Waals surface area (Å²) in [5, 5.41) is 14.4. The predicted molar refractivity (Wildman–Crippen MR) is 111 cm³/mol. The topological polar surface area (TPSA) is 144 Å². The SMILES string of the molecule is Cc1cc(NC(=O)c2c(C)c(C(=O)C(=O)N[C@@H](C(N)=O)[C@@H](C)O)n(C)c2C)ccc1F. The molecule has 0 radical (unpaired) electrons. The van der Waals surface area contributed by atoms with Crippen molar-refractivity contribution in [2.24, 2.45) is 12.8 Å². The number of aromatic nitrogens is 1. The lowest BCUT2D eigenvalue weighted by atomic mass is 10.1. The van der Waals surface area contributed by atoms with Crippen molar-refractivity contribution in [2.45, 2.75) is 39.8 Å². The van der Waals surface area contributed by atoms with E-state index in [9.17, 15) is 28.7 Å². The normalized spacial score (nSPS) is 12.7. The third-order valence-corrected chi connectivity index (χ3v) is 5.07. The van der Waals surface area contributed by atoms with Crippen LogP contribution in [0, 0.1) is 26.6 Å². The van der Waals surface area contributed by atoms with Gasteiger partial charge in [0.15, 0.2) is 0 Å². The molecule has 0 bridgehead atoms. The Morgan fingerprint density at radius 1 is 1.16 bits per heavy atom. The molecule has 2 rings (SSSR count). The van der Waals surface area contributed by atoms with Gasteiger partial charge in [0, 0.05) is 18.4 Å². The van der Waals surface area contributed by atoms with Crippen LogP contribution in [0.15, 0.2) is 18.2 Å². The molecule has 2 atom stereocenters. The number of hydrogen-bond acceptors (Lipinski definition) is 5. The molecule has 0 fully saturated rings. The van der Waals surface area contributed by atoms with Gasteiger partial charge in [-0.3, -0.25) is 19.2 Å². The van der Waals surface area contributed by atoms with Gasteiger partial charge in [0.05, 0.1) is 17.4 Å². The summed E-state index contributed by atoms with van der Waals surface area (Å²) in [6.45, 7) is 5.93. The fourth-order valence-corrected chi connectivity index (χ4v) is 3.29. The maximum Gasteiger partial charge on any atom is 0.294 e. The van der Waals surface area contributed by atoms with Crippen molar-refractivity contribution in [3.05, 3.63) is 52.1 Å². The lowest BCUT2D eigenvalue weighted by Gasteiger charge is -2.17. The van der Waals surface area contributed by atoms with Gasteiger partial charge in [-0.1, -0.05) is 0 Å². The van der Waals surface area contributed by atoms with Gasteiger partial charge in [-0.25, -0.2) is 4.39 Å². The van der Waals surface area contributed by atoms with E-state index in [1.165, 1.54) is 43.7 Å². The number of amides is 3. The number of carbonyl (C=O) groups is 4. The smallest absolute Gasteiger partial charge is 0.294 e. The molecule has 0 unspecified atom stereocenters. The first-order chi connectivity index (χ1) is 14.4. The number of nitrogens with one attached hydrogen (secondary N) is 2. The van der Waals surface area contributed by atoms with Crippen LogP contribution in [0.3, 0.4) is 0 Å². The number of aryl methyl sites for hydroxylation is 1. The van der Waals surface area contributed by atoms with Crippen molar-refractivity contribution in [3.63, 3.8) is 0 Å². The Morgan fingerprint density at radius 3 is 2.29 bits per heavy atom. The van der Waals surface area contributed by atoms with Crippen molar-refractivity contribution in [2.75, 3.05) is 5.32 Å². The minimum Gasteiger partial charge on any atom is -0.391 e. The average Bonchev–Trinajstić information content (AvgIpc) is 2.90. The van der Waals surface area contributed by atoms with Crippen LogP contribution in [0.1, 0.15) is 44.6 Å². The molecule has 0 saturated heterocycles. The Kier molecular flexibility index (Phi) is 6.96. The number of Topliss-reactive ketones (excluding diaryl/α,β-unsaturated/α-hetero) is 1. The summed E-state index contributed by atoms with van der Waals surface area (Å²) in [6, 6.07) is 2.67. The number of hydrogen-bond donors (Lipinski definition) is 4. The molecule has 1 heterocycles. The monoisotopic (exact) mass is 432 g/mol. The molecule has 0 saturated carbocycles. The second-order valence-electron chi connectivity index (χ2n) is 7.33. The molecule has 9 nitrogen and oxygen atoms in total. The third kappa shape index (κ3) is 4.80. The predicted octanol–water partition coefficient (Wildman–Crippen LogP) is 0.875. The van der Waals surface area contributed by atoms with Gasteiger partial charge >= 0.3 is 0 Å². The van der Waals surface area contributed by atoms with Crippen molar-refractivity contribution < 1.29 is 28.7 Å². The molecule has 3 amide bonds. The van der Waals surface area contributed by atoms with Crippen LogP contribution in [0.4, 0.5) is 10.1 Å². The van der Waals surface area contributed by atoms with E-state index >= 15 is 0 Å². The van der Waals surface area contributed by atoms with E-state index in [2.05, 4.69) is 10.6 Å². The molecule has 0 spiro atoms. The van der Waals surface area contributed by atoms with Gasteiger partial charge in [0.2, 0.25) is 5.91 Å². The van der Waals surface area contributed by atoms with Gasteiger partial charge in [-0.05, 0) is 57.0 Å². The number of anilines is 1. The molecule has 166 valence electrons. The molecule has 5 N–H and O–H groups in total.